The summed E-state index contributed by atoms with van der Waals surface area (Å²) in [5, 5.41) is 0. The van der Waals surface area contributed by atoms with Gasteiger partial charge in [0.2, 0.25) is 0 Å². The topological polar surface area (TPSA) is 72.2 Å². The van der Waals surface area contributed by atoms with Crippen LogP contribution in [0.3, 0.4) is 0 Å². The first-order valence-electron chi connectivity index (χ1n) is 4.33. The van der Waals surface area contributed by atoms with Crippen LogP contribution in [-0.2, 0) is 15.6 Å². The molecule has 0 aliphatic rings. The molecule has 0 aliphatic carbocycles. The average Bonchev–Trinajstić information content (AvgIpc) is 2.19. The Hall–Kier alpha value is -1.07. The number of benzene rings is 1. The standard InChI is InChI=1S/C9H14N2O2S/c1-2-14(12,13)7-8-3-5-9(11-10)6-4-8/h3-6,11H,2,7,10H2,1H3. The normalized spacial score (nSPS) is 11.3. The van der Waals surface area contributed by atoms with Gasteiger partial charge in [0.15, 0.2) is 9.84 Å². The summed E-state index contributed by atoms with van der Waals surface area (Å²) >= 11 is 0. The molecular formula is C9H14N2O2S. The van der Waals surface area contributed by atoms with Crippen molar-refractivity contribution in [2.24, 2.45) is 5.84 Å². The van der Waals surface area contributed by atoms with E-state index in [-0.39, 0.29) is 11.5 Å². The number of nitrogen functional groups attached to an aromatic ring is 1. The van der Waals surface area contributed by atoms with Crippen LogP contribution in [0.4, 0.5) is 5.69 Å². The Labute approximate surface area is 84.0 Å². The molecule has 0 heterocycles. The zero-order valence-electron chi connectivity index (χ0n) is 8.03. The lowest BCUT2D eigenvalue weighted by molar-refractivity contribution is 0.596. The van der Waals surface area contributed by atoms with E-state index in [1.54, 1.807) is 31.2 Å². The van der Waals surface area contributed by atoms with E-state index in [2.05, 4.69) is 5.43 Å². The molecule has 0 saturated heterocycles. The number of sulfone groups is 1. The Morgan fingerprint density at radius 2 is 1.86 bits per heavy atom. The summed E-state index contributed by atoms with van der Waals surface area (Å²) < 4.78 is 22.6. The first kappa shape index (κ1) is 11.0. The van der Waals surface area contributed by atoms with Gasteiger partial charge >= 0.3 is 0 Å². The smallest absolute Gasteiger partial charge is 0.154 e. The third kappa shape index (κ3) is 3.01. The Morgan fingerprint density at radius 1 is 1.29 bits per heavy atom. The van der Waals surface area contributed by atoms with Gasteiger partial charge in [-0.2, -0.15) is 0 Å². The summed E-state index contributed by atoms with van der Waals surface area (Å²) in [4.78, 5) is 0. The number of hydrogen-bond donors (Lipinski definition) is 2. The van der Waals surface area contributed by atoms with E-state index in [0.29, 0.717) is 0 Å². The number of hydrazine groups is 1. The van der Waals surface area contributed by atoms with E-state index in [9.17, 15) is 8.42 Å². The van der Waals surface area contributed by atoms with Crippen LogP contribution in [0.15, 0.2) is 24.3 Å². The maximum absolute atomic E-state index is 11.3. The molecule has 0 amide bonds. The molecule has 0 bridgehead atoms. The predicted octanol–water partition coefficient (Wildman–Crippen LogP) is 0.907. The van der Waals surface area contributed by atoms with Crippen LogP contribution >= 0.6 is 0 Å². The van der Waals surface area contributed by atoms with Crippen LogP contribution in [-0.4, -0.2) is 14.2 Å². The number of rotatable bonds is 4. The highest BCUT2D eigenvalue weighted by molar-refractivity contribution is 7.90. The van der Waals surface area contributed by atoms with Crippen LogP contribution in [0.25, 0.3) is 0 Å². The Morgan fingerprint density at radius 3 is 2.29 bits per heavy atom. The van der Waals surface area contributed by atoms with Crippen molar-refractivity contribution in [2.75, 3.05) is 11.2 Å². The summed E-state index contributed by atoms with van der Waals surface area (Å²) in [7, 11) is -2.94. The van der Waals surface area contributed by atoms with Crippen LogP contribution < -0.4 is 11.3 Å². The van der Waals surface area contributed by atoms with Gasteiger partial charge in [0.25, 0.3) is 0 Å². The molecule has 0 unspecified atom stereocenters. The number of anilines is 1. The zero-order valence-corrected chi connectivity index (χ0v) is 8.84. The molecule has 0 fully saturated rings. The van der Waals surface area contributed by atoms with Gasteiger partial charge in [-0.1, -0.05) is 19.1 Å². The van der Waals surface area contributed by atoms with Gasteiger partial charge in [-0.3, -0.25) is 5.84 Å². The van der Waals surface area contributed by atoms with Crippen molar-refractivity contribution >= 4 is 15.5 Å². The van der Waals surface area contributed by atoms with Crippen molar-refractivity contribution in [1.82, 2.24) is 0 Å². The fourth-order valence-corrected chi connectivity index (χ4v) is 1.96. The van der Waals surface area contributed by atoms with E-state index < -0.39 is 9.84 Å². The molecule has 3 N–H and O–H groups in total. The minimum absolute atomic E-state index is 0.0916. The molecule has 0 atom stereocenters. The first-order chi connectivity index (χ1) is 6.57. The summed E-state index contributed by atoms with van der Waals surface area (Å²) in [5.41, 5.74) is 4.03. The van der Waals surface area contributed by atoms with Gasteiger partial charge in [-0.15, -0.1) is 0 Å². The SMILES string of the molecule is CCS(=O)(=O)Cc1ccc(NN)cc1. The second-order valence-corrected chi connectivity index (χ2v) is 5.37. The van der Waals surface area contributed by atoms with Crippen LogP contribution in [0.2, 0.25) is 0 Å². The van der Waals surface area contributed by atoms with Crippen molar-refractivity contribution in [1.29, 1.82) is 0 Å². The number of hydrogen-bond acceptors (Lipinski definition) is 4. The fraction of sp³-hybridized carbons (Fsp3) is 0.333. The molecule has 0 radical (unpaired) electrons. The second-order valence-electron chi connectivity index (χ2n) is 3.02. The molecule has 78 valence electrons. The molecule has 14 heavy (non-hydrogen) atoms. The van der Waals surface area contributed by atoms with Crippen molar-refractivity contribution in [3.05, 3.63) is 29.8 Å². The van der Waals surface area contributed by atoms with E-state index in [4.69, 9.17) is 5.84 Å². The average molecular weight is 214 g/mol. The van der Waals surface area contributed by atoms with E-state index in [1.807, 2.05) is 0 Å². The highest BCUT2D eigenvalue weighted by atomic mass is 32.2. The number of nitrogens with two attached hydrogens (primary N) is 1. The summed E-state index contributed by atoms with van der Waals surface area (Å²) in [6.07, 6.45) is 0. The second kappa shape index (κ2) is 4.43. The van der Waals surface area contributed by atoms with Crippen molar-refractivity contribution in [2.45, 2.75) is 12.7 Å². The summed E-state index contributed by atoms with van der Waals surface area (Å²) in [5.74, 6) is 5.45. The molecule has 0 aromatic heterocycles. The number of nitrogens with one attached hydrogen (secondary N) is 1. The minimum atomic E-state index is -2.94. The summed E-state index contributed by atoms with van der Waals surface area (Å²) in [6.45, 7) is 1.64. The van der Waals surface area contributed by atoms with E-state index in [1.165, 1.54) is 0 Å². The fourth-order valence-electron chi connectivity index (χ4n) is 1.05. The zero-order chi connectivity index (χ0) is 10.6. The molecule has 0 saturated carbocycles. The van der Waals surface area contributed by atoms with Gasteiger partial charge < -0.3 is 5.43 Å². The minimum Gasteiger partial charge on any atom is -0.324 e. The van der Waals surface area contributed by atoms with E-state index >= 15 is 0 Å². The van der Waals surface area contributed by atoms with Gasteiger partial charge in [0.05, 0.1) is 5.75 Å². The van der Waals surface area contributed by atoms with Crippen molar-refractivity contribution in [3.8, 4) is 0 Å². The first-order valence-corrected chi connectivity index (χ1v) is 6.15. The molecular weight excluding hydrogens is 200 g/mol. The van der Waals surface area contributed by atoms with Crippen LogP contribution in [0.5, 0.6) is 0 Å². The van der Waals surface area contributed by atoms with Crippen LogP contribution in [0.1, 0.15) is 12.5 Å². The lowest BCUT2D eigenvalue weighted by atomic mass is 10.2. The Kier molecular flexibility index (Phi) is 3.49. The van der Waals surface area contributed by atoms with Crippen molar-refractivity contribution in [3.63, 3.8) is 0 Å². The van der Waals surface area contributed by atoms with Crippen LogP contribution in [0, 0.1) is 0 Å². The monoisotopic (exact) mass is 214 g/mol. The quantitative estimate of drug-likeness (QED) is 0.577. The summed E-state index contributed by atoms with van der Waals surface area (Å²) in [6, 6.07) is 7.01. The third-order valence-corrected chi connectivity index (χ3v) is 3.60. The Balaban J connectivity index is 2.79. The van der Waals surface area contributed by atoms with Gasteiger partial charge in [-0.05, 0) is 17.7 Å². The van der Waals surface area contributed by atoms with Gasteiger partial charge in [0.1, 0.15) is 0 Å². The lowest BCUT2D eigenvalue weighted by Crippen LogP contribution is -2.08. The molecule has 0 spiro atoms. The Bertz CT molecular complexity index is 384. The van der Waals surface area contributed by atoms with Gasteiger partial charge in [-0.25, -0.2) is 8.42 Å². The molecule has 1 aromatic carbocycles. The van der Waals surface area contributed by atoms with Crippen molar-refractivity contribution < 1.29 is 8.42 Å². The highest BCUT2D eigenvalue weighted by Gasteiger charge is 2.08. The maximum atomic E-state index is 11.3. The van der Waals surface area contributed by atoms with E-state index in [0.717, 1.165) is 11.3 Å². The lowest BCUT2D eigenvalue weighted by Gasteiger charge is -2.03. The molecule has 1 aromatic rings. The predicted molar refractivity (Wildman–Crippen MR) is 57.4 cm³/mol. The highest BCUT2D eigenvalue weighted by Crippen LogP contribution is 2.11. The van der Waals surface area contributed by atoms with Gasteiger partial charge in [0, 0.05) is 11.4 Å². The molecule has 0 aliphatic heterocycles. The molecule has 1 rings (SSSR count). The third-order valence-electron chi connectivity index (χ3n) is 1.95. The molecule has 4 nitrogen and oxygen atoms in total. The maximum Gasteiger partial charge on any atom is 0.154 e. The largest absolute Gasteiger partial charge is 0.324 e. The molecule has 5 heteroatoms.